The van der Waals surface area contributed by atoms with Gasteiger partial charge in [-0.3, -0.25) is 0 Å². The maximum atomic E-state index is 5.86. The van der Waals surface area contributed by atoms with Crippen LogP contribution in [0.3, 0.4) is 0 Å². The summed E-state index contributed by atoms with van der Waals surface area (Å²) in [5.41, 5.74) is 1.73. The molecule has 18 heavy (non-hydrogen) atoms. The van der Waals surface area contributed by atoms with Crippen LogP contribution in [0.25, 0.3) is 0 Å². The second kappa shape index (κ2) is 4.93. The fourth-order valence-electron chi connectivity index (χ4n) is 2.31. The Morgan fingerprint density at radius 1 is 1.17 bits per heavy atom. The molecule has 1 fully saturated rings. The molecule has 100 valence electrons. The van der Waals surface area contributed by atoms with Crippen molar-refractivity contribution in [2.45, 2.75) is 51.6 Å². The lowest BCUT2D eigenvalue weighted by molar-refractivity contribution is 0.131. The molecule has 2 heteroatoms. The normalized spacial score (nSPS) is 17.6. The summed E-state index contributed by atoms with van der Waals surface area (Å²) in [6.07, 6.45) is 2.61. The van der Waals surface area contributed by atoms with E-state index in [1.165, 1.54) is 18.4 Å². The van der Waals surface area contributed by atoms with Gasteiger partial charge in [-0.25, -0.2) is 0 Å². The highest BCUT2D eigenvalue weighted by molar-refractivity contribution is 5.36. The second-order valence-electron chi connectivity index (χ2n) is 6.30. The smallest absolute Gasteiger partial charge is 0.120 e. The highest BCUT2D eigenvalue weighted by Crippen LogP contribution is 2.47. The molecule has 1 aromatic carbocycles. The van der Waals surface area contributed by atoms with Crippen molar-refractivity contribution in [3.63, 3.8) is 0 Å². The van der Waals surface area contributed by atoms with Crippen molar-refractivity contribution in [1.82, 2.24) is 5.32 Å². The Bertz CT molecular complexity index is 385. The van der Waals surface area contributed by atoms with Gasteiger partial charge in [-0.15, -0.1) is 0 Å². The largest absolute Gasteiger partial charge is 0.488 e. The quantitative estimate of drug-likeness (QED) is 0.859. The zero-order valence-electron chi connectivity index (χ0n) is 12.0. The standard InChI is InChI=1S/C16H25NO/c1-5-17-12-16(10-11-16)13-6-8-14(9-7-13)18-15(2,3)4/h6-9,17H,5,10-12H2,1-4H3. The van der Waals surface area contributed by atoms with Crippen LogP contribution in [0.2, 0.25) is 0 Å². The summed E-state index contributed by atoms with van der Waals surface area (Å²) in [4.78, 5) is 0. The second-order valence-corrected chi connectivity index (χ2v) is 6.30. The van der Waals surface area contributed by atoms with Crippen molar-refractivity contribution in [2.75, 3.05) is 13.1 Å². The Kier molecular flexibility index (Phi) is 3.67. The number of likely N-dealkylation sites (N-methyl/N-ethyl adjacent to an activating group) is 1. The van der Waals surface area contributed by atoms with Gasteiger partial charge in [-0.1, -0.05) is 19.1 Å². The van der Waals surface area contributed by atoms with Gasteiger partial charge >= 0.3 is 0 Å². The predicted molar refractivity (Wildman–Crippen MR) is 76.3 cm³/mol. The van der Waals surface area contributed by atoms with Crippen molar-refractivity contribution < 1.29 is 4.74 Å². The van der Waals surface area contributed by atoms with Gasteiger partial charge in [0.05, 0.1) is 0 Å². The van der Waals surface area contributed by atoms with Crippen LogP contribution in [0.4, 0.5) is 0 Å². The molecule has 0 bridgehead atoms. The van der Waals surface area contributed by atoms with E-state index in [1.807, 2.05) is 0 Å². The lowest BCUT2D eigenvalue weighted by Gasteiger charge is -2.22. The number of rotatable bonds is 5. The van der Waals surface area contributed by atoms with Crippen LogP contribution < -0.4 is 10.1 Å². The van der Waals surface area contributed by atoms with Gasteiger partial charge < -0.3 is 10.1 Å². The van der Waals surface area contributed by atoms with E-state index in [0.29, 0.717) is 5.41 Å². The Morgan fingerprint density at radius 3 is 2.22 bits per heavy atom. The molecule has 0 spiro atoms. The van der Waals surface area contributed by atoms with E-state index in [0.717, 1.165) is 18.8 Å². The molecule has 1 aromatic rings. The third-order valence-electron chi connectivity index (χ3n) is 3.46. The minimum absolute atomic E-state index is 0.122. The van der Waals surface area contributed by atoms with Crippen LogP contribution in [0, 0.1) is 0 Å². The number of ether oxygens (including phenoxy) is 1. The van der Waals surface area contributed by atoms with Crippen molar-refractivity contribution in [3.05, 3.63) is 29.8 Å². The lowest BCUT2D eigenvalue weighted by Crippen LogP contribution is -2.26. The van der Waals surface area contributed by atoms with E-state index in [9.17, 15) is 0 Å². The van der Waals surface area contributed by atoms with Gasteiger partial charge in [0.2, 0.25) is 0 Å². The molecule has 2 rings (SSSR count). The molecule has 0 atom stereocenters. The van der Waals surface area contributed by atoms with E-state index in [1.54, 1.807) is 0 Å². The maximum absolute atomic E-state index is 5.86. The summed E-state index contributed by atoms with van der Waals surface area (Å²) >= 11 is 0. The number of hydrogen-bond donors (Lipinski definition) is 1. The molecule has 0 heterocycles. The first-order valence-corrected chi connectivity index (χ1v) is 6.95. The van der Waals surface area contributed by atoms with Gasteiger partial charge in [0.15, 0.2) is 0 Å². The first-order valence-electron chi connectivity index (χ1n) is 6.95. The highest BCUT2D eigenvalue weighted by Gasteiger charge is 2.43. The topological polar surface area (TPSA) is 21.3 Å². The molecule has 1 N–H and O–H groups in total. The molecule has 0 aromatic heterocycles. The molecule has 1 aliphatic carbocycles. The first-order chi connectivity index (χ1) is 8.45. The van der Waals surface area contributed by atoms with Gasteiger partial charge in [0.1, 0.15) is 11.4 Å². The molecular weight excluding hydrogens is 222 g/mol. The van der Waals surface area contributed by atoms with Crippen molar-refractivity contribution in [2.24, 2.45) is 0 Å². The van der Waals surface area contributed by atoms with Gasteiger partial charge in [-0.05, 0) is 57.9 Å². The van der Waals surface area contributed by atoms with Crippen molar-refractivity contribution >= 4 is 0 Å². The SMILES string of the molecule is CCNCC1(c2ccc(OC(C)(C)C)cc2)CC1. The lowest BCUT2D eigenvalue weighted by atomic mass is 9.96. The number of hydrogen-bond acceptors (Lipinski definition) is 2. The fourth-order valence-corrected chi connectivity index (χ4v) is 2.31. The maximum Gasteiger partial charge on any atom is 0.120 e. The van der Waals surface area contributed by atoms with Crippen LogP contribution in [0.15, 0.2) is 24.3 Å². The molecule has 1 aliphatic rings. The van der Waals surface area contributed by atoms with Gasteiger partial charge in [0.25, 0.3) is 0 Å². The molecule has 0 amide bonds. The molecule has 2 nitrogen and oxygen atoms in total. The highest BCUT2D eigenvalue weighted by atomic mass is 16.5. The van der Waals surface area contributed by atoms with Gasteiger partial charge in [-0.2, -0.15) is 0 Å². The van der Waals surface area contributed by atoms with E-state index in [4.69, 9.17) is 4.74 Å². The molecule has 0 saturated heterocycles. The Balaban J connectivity index is 2.04. The summed E-state index contributed by atoms with van der Waals surface area (Å²) in [5, 5.41) is 3.47. The zero-order chi connectivity index (χ0) is 13.2. The van der Waals surface area contributed by atoms with Crippen molar-refractivity contribution in [1.29, 1.82) is 0 Å². The number of nitrogens with one attached hydrogen (secondary N) is 1. The van der Waals surface area contributed by atoms with Crippen molar-refractivity contribution in [3.8, 4) is 5.75 Å². The Hall–Kier alpha value is -1.02. The van der Waals surface area contributed by atoms with Crippen LogP contribution >= 0.6 is 0 Å². The molecule has 0 radical (unpaired) electrons. The first kappa shape index (κ1) is 13.4. The van der Waals surface area contributed by atoms with Crippen LogP contribution in [-0.4, -0.2) is 18.7 Å². The molecule has 1 saturated carbocycles. The number of benzene rings is 1. The average Bonchev–Trinajstić information content (AvgIpc) is 3.06. The predicted octanol–water partition coefficient (Wildman–Crippen LogP) is 3.51. The average molecular weight is 247 g/mol. The summed E-state index contributed by atoms with van der Waals surface area (Å²) < 4.78 is 5.86. The summed E-state index contributed by atoms with van der Waals surface area (Å²) in [6.45, 7) is 10.5. The third-order valence-corrected chi connectivity index (χ3v) is 3.46. The van der Waals surface area contributed by atoms with Crippen LogP contribution in [-0.2, 0) is 5.41 Å². The molecular formula is C16H25NO. The summed E-state index contributed by atoms with van der Waals surface area (Å²) in [6, 6.07) is 8.66. The van der Waals surface area contributed by atoms with Crippen LogP contribution in [0.1, 0.15) is 46.1 Å². The summed E-state index contributed by atoms with van der Waals surface area (Å²) in [7, 11) is 0. The zero-order valence-corrected chi connectivity index (χ0v) is 12.0. The van der Waals surface area contributed by atoms with E-state index in [-0.39, 0.29) is 5.60 Å². The third kappa shape index (κ3) is 3.26. The Morgan fingerprint density at radius 2 is 1.78 bits per heavy atom. The van der Waals surface area contributed by atoms with E-state index >= 15 is 0 Å². The monoisotopic (exact) mass is 247 g/mol. The van der Waals surface area contributed by atoms with E-state index < -0.39 is 0 Å². The minimum Gasteiger partial charge on any atom is -0.488 e. The molecule has 0 aliphatic heterocycles. The minimum atomic E-state index is -0.122. The summed E-state index contributed by atoms with van der Waals surface area (Å²) in [5.74, 6) is 0.963. The molecule has 0 unspecified atom stereocenters. The fraction of sp³-hybridized carbons (Fsp3) is 0.625. The van der Waals surface area contributed by atoms with Crippen LogP contribution in [0.5, 0.6) is 5.75 Å². The Labute approximate surface area is 111 Å². The van der Waals surface area contributed by atoms with E-state index in [2.05, 4.69) is 57.3 Å². The van der Waals surface area contributed by atoms with Gasteiger partial charge in [0, 0.05) is 12.0 Å².